The fourth-order valence-corrected chi connectivity index (χ4v) is 7.12. The summed E-state index contributed by atoms with van der Waals surface area (Å²) in [5.41, 5.74) is 0.388. The molecule has 4 bridgehead atoms. The van der Waals surface area contributed by atoms with Crippen LogP contribution in [0.4, 0.5) is 0 Å². The summed E-state index contributed by atoms with van der Waals surface area (Å²) in [6.45, 7) is 15.4. The van der Waals surface area contributed by atoms with E-state index in [4.69, 9.17) is 14.2 Å². The summed E-state index contributed by atoms with van der Waals surface area (Å²) in [4.78, 5) is 39.1. The Morgan fingerprint density at radius 1 is 1.30 bits per heavy atom. The maximum atomic E-state index is 13.2. The van der Waals surface area contributed by atoms with E-state index in [1.165, 1.54) is 18.6 Å². The number of hydrogen-bond acceptors (Lipinski definition) is 7. The molecule has 3 fully saturated rings. The van der Waals surface area contributed by atoms with Gasteiger partial charge >= 0.3 is 11.9 Å². The predicted octanol–water partition coefficient (Wildman–Crippen LogP) is 4.21. The van der Waals surface area contributed by atoms with Crippen LogP contribution in [-0.4, -0.2) is 46.7 Å². The molecule has 0 radical (unpaired) electrons. The van der Waals surface area contributed by atoms with Gasteiger partial charge < -0.3 is 19.3 Å². The molecule has 9 atom stereocenters. The van der Waals surface area contributed by atoms with Gasteiger partial charge in [0.2, 0.25) is 5.78 Å². The maximum absolute atomic E-state index is 13.2. The van der Waals surface area contributed by atoms with Crippen LogP contribution in [0, 0.1) is 35.0 Å². The van der Waals surface area contributed by atoms with Crippen LogP contribution in [0.15, 0.2) is 47.3 Å². The smallest absolute Gasteiger partial charge is 0.334 e. The highest BCUT2D eigenvalue weighted by Crippen LogP contribution is 2.61. The van der Waals surface area contributed by atoms with Crippen molar-refractivity contribution in [1.29, 1.82) is 0 Å². The van der Waals surface area contributed by atoms with Gasteiger partial charge in [-0.1, -0.05) is 45.1 Å². The van der Waals surface area contributed by atoms with Crippen molar-refractivity contribution in [2.75, 3.05) is 0 Å². The zero-order valence-corrected chi connectivity index (χ0v) is 22.6. The van der Waals surface area contributed by atoms with Crippen LogP contribution in [0.2, 0.25) is 0 Å². The third-order valence-electron chi connectivity index (χ3n) is 10.1. The Labute approximate surface area is 218 Å². The van der Waals surface area contributed by atoms with E-state index in [2.05, 4.69) is 26.5 Å². The fourth-order valence-electron chi connectivity index (χ4n) is 7.12. The van der Waals surface area contributed by atoms with Gasteiger partial charge in [0.05, 0.1) is 5.92 Å². The quantitative estimate of drug-likeness (QED) is 0.344. The number of ketones is 1. The number of rotatable bonds is 4. The largest absolute Gasteiger partial charge is 0.480 e. The normalized spacial score (nSPS) is 42.2. The molecule has 0 aromatic rings. The van der Waals surface area contributed by atoms with Crippen molar-refractivity contribution in [1.82, 2.24) is 0 Å². The van der Waals surface area contributed by atoms with Crippen molar-refractivity contribution < 1.29 is 33.7 Å². The first-order valence-corrected chi connectivity index (χ1v) is 13.4. The minimum absolute atomic E-state index is 0.140. The molecule has 0 unspecified atom stereocenters. The Morgan fingerprint density at radius 3 is 2.62 bits per heavy atom. The highest BCUT2D eigenvalue weighted by Gasteiger charge is 2.61. The van der Waals surface area contributed by atoms with Crippen molar-refractivity contribution in [3.63, 3.8) is 0 Å². The van der Waals surface area contributed by atoms with Gasteiger partial charge in [-0.05, 0) is 57.3 Å². The van der Waals surface area contributed by atoms with Gasteiger partial charge in [0.1, 0.15) is 24.1 Å². The SMILES string of the molecule is C=C1C(=O)O[C@H]2[C@@H](CC3=CC[C@@H]4C[C@H]3C4(C)C)[C@@H](C)C3=CC(=O)[C@](C)(O3)[C@H](O)[C@@H](OC(=O)/C(C)=C\C)[C@@H]12. The van der Waals surface area contributed by atoms with Crippen LogP contribution in [0.1, 0.15) is 60.8 Å². The monoisotopic (exact) mass is 510 g/mol. The van der Waals surface area contributed by atoms with E-state index in [1.54, 1.807) is 19.9 Å². The second kappa shape index (κ2) is 8.69. The standard InChI is InChI=1S/C30H38O7/c1-8-14(2)27(33)36-25-23-16(4)28(34)35-24(23)19(11-17-9-10-18-12-20(17)29(18,5)6)15(3)21-13-22(31)30(7,37-21)26(25)32/h8-9,13,15,18-20,23-26,32H,4,10-12H2,1-3,5-7H3/b14-8-/t15-,18-,19+,20-,23+,24+,25+,26-,30+/m1/s1. The molecule has 0 spiro atoms. The first-order chi connectivity index (χ1) is 17.3. The molecule has 7 heteroatoms. The number of fused-ring (bicyclic) bond motifs is 4. The second-order valence-electron chi connectivity index (χ2n) is 12.3. The van der Waals surface area contributed by atoms with Crippen molar-refractivity contribution in [2.24, 2.45) is 35.0 Å². The van der Waals surface area contributed by atoms with Crippen LogP contribution in [0.5, 0.6) is 0 Å². The highest BCUT2D eigenvalue weighted by atomic mass is 16.6. The topological polar surface area (TPSA) is 99.1 Å². The summed E-state index contributed by atoms with van der Waals surface area (Å²) in [5.74, 6) is -1.36. The Kier molecular flexibility index (Phi) is 6.09. The van der Waals surface area contributed by atoms with E-state index >= 15 is 0 Å². The van der Waals surface area contributed by atoms with E-state index in [0.717, 1.165) is 12.8 Å². The summed E-state index contributed by atoms with van der Waals surface area (Å²) in [7, 11) is 0. The molecule has 2 saturated heterocycles. The average Bonchev–Trinajstić information content (AvgIpc) is 3.34. The van der Waals surface area contributed by atoms with Gasteiger partial charge in [-0.2, -0.15) is 0 Å². The van der Waals surface area contributed by atoms with E-state index < -0.39 is 47.6 Å². The summed E-state index contributed by atoms with van der Waals surface area (Å²) in [5, 5.41) is 11.6. The second-order valence-corrected chi connectivity index (χ2v) is 12.3. The molecule has 3 heterocycles. The van der Waals surface area contributed by atoms with Crippen LogP contribution >= 0.6 is 0 Å². The zero-order valence-electron chi connectivity index (χ0n) is 22.6. The van der Waals surface area contributed by atoms with Crippen molar-refractivity contribution in [2.45, 2.75) is 84.7 Å². The van der Waals surface area contributed by atoms with Gasteiger partial charge in [-0.15, -0.1) is 0 Å². The molecule has 1 saturated carbocycles. The van der Waals surface area contributed by atoms with Crippen LogP contribution in [-0.2, 0) is 28.6 Å². The lowest BCUT2D eigenvalue weighted by molar-refractivity contribution is -0.176. The van der Waals surface area contributed by atoms with Gasteiger partial charge in [0.25, 0.3) is 0 Å². The van der Waals surface area contributed by atoms with E-state index in [-0.39, 0.29) is 22.8 Å². The number of esters is 2. The molecular formula is C30H38O7. The van der Waals surface area contributed by atoms with Crippen LogP contribution in [0.25, 0.3) is 0 Å². The number of hydrogen-bond donors (Lipinski definition) is 1. The highest BCUT2D eigenvalue weighted by molar-refractivity contribution is 6.00. The molecule has 37 heavy (non-hydrogen) atoms. The van der Waals surface area contributed by atoms with Gasteiger partial charge in [0, 0.05) is 29.1 Å². The lowest BCUT2D eigenvalue weighted by Gasteiger charge is -2.57. The number of aliphatic hydroxyl groups is 1. The summed E-state index contributed by atoms with van der Waals surface area (Å²) in [6.07, 6.45) is 4.72. The molecular weight excluding hydrogens is 472 g/mol. The summed E-state index contributed by atoms with van der Waals surface area (Å²) >= 11 is 0. The van der Waals surface area contributed by atoms with E-state index in [1.807, 2.05) is 6.92 Å². The Morgan fingerprint density at radius 2 is 2.00 bits per heavy atom. The first-order valence-electron chi connectivity index (χ1n) is 13.4. The zero-order chi connectivity index (χ0) is 27.0. The van der Waals surface area contributed by atoms with E-state index in [0.29, 0.717) is 29.6 Å². The van der Waals surface area contributed by atoms with Gasteiger partial charge in [0.15, 0.2) is 5.60 Å². The van der Waals surface area contributed by atoms with Crippen molar-refractivity contribution in [3.05, 3.63) is 47.3 Å². The number of aliphatic hydroxyl groups excluding tert-OH is 1. The Balaban J connectivity index is 1.60. The molecule has 0 amide bonds. The Bertz CT molecular complexity index is 1160. The van der Waals surface area contributed by atoms with Crippen LogP contribution in [0.3, 0.4) is 0 Å². The summed E-state index contributed by atoms with van der Waals surface area (Å²) in [6, 6.07) is 0. The minimum Gasteiger partial charge on any atom is -0.480 e. The minimum atomic E-state index is -1.66. The van der Waals surface area contributed by atoms with Crippen LogP contribution < -0.4 is 0 Å². The third kappa shape index (κ3) is 3.76. The fraction of sp³-hybridized carbons (Fsp3) is 0.633. The molecule has 0 aromatic carbocycles. The Hall–Kier alpha value is -2.67. The number of ether oxygens (including phenoxy) is 3. The number of carbonyl (C=O) groups excluding carboxylic acids is 3. The molecule has 0 aromatic heterocycles. The molecule has 200 valence electrons. The lowest BCUT2D eigenvalue weighted by Crippen LogP contribution is -2.56. The molecule has 3 aliphatic carbocycles. The first kappa shape index (κ1) is 26.0. The molecule has 7 nitrogen and oxygen atoms in total. The van der Waals surface area contributed by atoms with Gasteiger partial charge in [-0.3, -0.25) is 4.79 Å². The third-order valence-corrected chi connectivity index (χ3v) is 10.1. The lowest BCUT2D eigenvalue weighted by atomic mass is 9.48. The maximum Gasteiger partial charge on any atom is 0.334 e. The van der Waals surface area contributed by atoms with Crippen molar-refractivity contribution >= 4 is 17.7 Å². The number of carbonyl (C=O) groups is 3. The molecule has 1 N–H and O–H groups in total. The van der Waals surface area contributed by atoms with Crippen molar-refractivity contribution in [3.8, 4) is 0 Å². The summed E-state index contributed by atoms with van der Waals surface area (Å²) < 4.78 is 18.0. The molecule has 6 aliphatic rings. The average molecular weight is 511 g/mol. The van der Waals surface area contributed by atoms with E-state index in [9.17, 15) is 19.5 Å². The molecule has 6 rings (SSSR count). The van der Waals surface area contributed by atoms with Gasteiger partial charge in [-0.25, -0.2) is 9.59 Å². The molecule has 3 aliphatic heterocycles. The predicted molar refractivity (Wildman–Crippen MR) is 136 cm³/mol. The number of allylic oxidation sites excluding steroid dienone is 4.